The molecular formula is C17H15NO3. The molecule has 1 aromatic heterocycles. The molecule has 0 radical (unpaired) electrons. The number of rotatable bonds is 4. The van der Waals surface area contributed by atoms with Crippen molar-refractivity contribution < 1.29 is 14.3 Å². The minimum atomic E-state index is -0.348. The fourth-order valence-corrected chi connectivity index (χ4v) is 2.12. The Kier molecular flexibility index (Phi) is 3.60. The smallest absolute Gasteiger partial charge is 0.354 e. The van der Waals surface area contributed by atoms with E-state index in [1.54, 1.807) is 13.0 Å². The average molecular weight is 281 g/mol. The van der Waals surface area contributed by atoms with E-state index in [4.69, 9.17) is 9.47 Å². The number of H-pyrrole nitrogens is 1. The Labute approximate surface area is 122 Å². The molecular weight excluding hydrogens is 266 g/mol. The Hall–Kier alpha value is -2.75. The van der Waals surface area contributed by atoms with Crippen LogP contribution in [-0.2, 0) is 4.74 Å². The molecule has 0 saturated carbocycles. The van der Waals surface area contributed by atoms with Gasteiger partial charge in [-0.25, -0.2) is 4.79 Å². The van der Waals surface area contributed by atoms with Crippen LogP contribution in [0.5, 0.6) is 11.5 Å². The second-order valence-corrected chi connectivity index (χ2v) is 4.57. The second kappa shape index (κ2) is 5.71. The third kappa shape index (κ3) is 2.89. The van der Waals surface area contributed by atoms with Crippen LogP contribution in [0.3, 0.4) is 0 Å². The number of para-hydroxylation sites is 1. The van der Waals surface area contributed by atoms with Crippen LogP contribution in [0.25, 0.3) is 10.9 Å². The van der Waals surface area contributed by atoms with Gasteiger partial charge < -0.3 is 14.5 Å². The molecule has 0 fully saturated rings. The first-order valence-corrected chi connectivity index (χ1v) is 6.79. The highest BCUT2D eigenvalue weighted by Crippen LogP contribution is 2.26. The Bertz CT molecular complexity index is 762. The number of hydrogen-bond acceptors (Lipinski definition) is 3. The summed E-state index contributed by atoms with van der Waals surface area (Å²) in [6.07, 6.45) is 0. The average Bonchev–Trinajstić information content (AvgIpc) is 2.92. The largest absolute Gasteiger partial charge is 0.461 e. The zero-order chi connectivity index (χ0) is 14.7. The lowest BCUT2D eigenvalue weighted by Gasteiger charge is -2.04. The van der Waals surface area contributed by atoms with Gasteiger partial charge in [0, 0.05) is 10.9 Å². The lowest BCUT2D eigenvalue weighted by molar-refractivity contribution is 0.0520. The Balaban J connectivity index is 1.88. The number of fused-ring (bicyclic) bond motifs is 1. The van der Waals surface area contributed by atoms with Crippen molar-refractivity contribution >= 4 is 16.9 Å². The maximum absolute atomic E-state index is 11.7. The molecule has 3 aromatic rings. The first kappa shape index (κ1) is 13.2. The van der Waals surface area contributed by atoms with E-state index in [2.05, 4.69) is 4.98 Å². The fourth-order valence-electron chi connectivity index (χ4n) is 2.12. The quantitative estimate of drug-likeness (QED) is 0.731. The number of esters is 1. The number of aromatic nitrogens is 1. The molecule has 0 aliphatic rings. The molecule has 0 aliphatic heterocycles. The number of ether oxygens (including phenoxy) is 2. The minimum Gasteiger partial charge on any atom is -0.461 e. The monoisotopic (exact) mass is 281 g/mol. The summed E-state index contributed by atoms with van der Waals surface area (Å²) in [6, 6.07) is 17.0. The van der Waals surface area contributed by atoms with E-state index < -0.39 is 0 Å². The van der Waals surface area contributed by atoms with E-state index in [-0.39, 0.29) is 5.97 Å². The highest BCUT2D eigenvalue weighted by atomic mass is 16.5. The van der Waals surface area contributed by atoms with Crippen LogP contribution in [0.2, 0.25) is 0 Å². The number of nitrogens with one attached hydrogen (secondary N) is 1. The zero-order valence-corrected chi connectivity index (χ0v) is 11.6. The molecule has 0 saturated heterocycles. The van der Waals surface area contributed by atoms with Gasteiger partial charge in [0.15, 0.2) is 0 Å². The van der Waals surface area contributed by atoms with Crippen LogP contribution in [0.15, 0.2) is 54.6 Å². The SMILES string of the molecule is CCOC(=O)c1cc2cc(Oc3ccccc3)ccc2[nH]1. The summed E-state index contributed by atoms with van der Waals surface area (Å²) < 4.78 is 10.8. The Morgan fingerprint density at radius 3 is 2.62 bits per heavy atom. The van der Waals surface area contributed by atoms with Crippen LogP contribution in [0, 0.1) is 0 Å². The molecule has 0 aliphatic carbocycles. The van der Waals surface area contributed by atoms with Gasteiger partial charge in [0.2, 0.25) is 0 Å². The number of carbonyl (C=O) groups excluding carboxylic acids is 1. The van der Waals surface area contributed by atoms with Crippen LogP contribution in [-0.4, -0.2) is 17.6 Å². The number of carbonyl (C=O) groups is 1. The molecule has 1 N–H and O–H groups in total. The summed E-state index contributed by atoms with van der Waals surface area (Å²) in [5.41, 5.74) is 1.32. The fraction of sp³-hybridized carbons (Fsp3) is 0.118. The van der Waals surface area contributed by atoms with Gasteiger partial charge in [0.05, 0.1) is 6.61 Å². The zero-order valence-electron chi connectivity index (χ0n) is 11.6. The van der Waals surface area contributed by atoms with Crippen LogP contribution < -0.4 is 4.74 Å². The van der Waals surface area contributed by atoms with Crippen molar-refractivity contribution in [1.82, 2.24) is 4.98 Å². The standard InChI is InChI=1S/C17H15NO3/c1-2-20-17(19)16-11-12-10-14(8-9-15(12)18-16)21-13-6-4-3-5-7-13/h3-11,18H,2H2,1H3. The highest BCUT2D eigenvalue weighted by Gasteiger charge is 2.10. The predicted octanol–water partition coefficient (Wildman–Crippen LogP) is 4.14. The van der Waals surface area contributed by atoms with Crippen molar-refractivity contribution in [2.45, 2.75) is 6.92 Å². The summed E-state index contributed by atoms with van der Waals surface area (Å²) in [4.78, 5) is 14.7. The molecule has 3 rings (SSSR count). The van der Waals surface area contributed by atoms with Gasteiger partial charge in [0.25, 0.3) is 0 Å². The van der Waals surface area contributed by atoms with Crippen molar-refractivity contribution in [3.63, 3.8) is 0 Å². The summed E-state index contributed by atoms with van der Waals surface area (Å²) in [5, 5.41) is 0.909. The van der Waals surface area contributed by atoms with E-state index in [1.165, 1.54) is 0 Å². The maximum Gasteiger partial charge on any atom is 0.354 e. The van der Waals surface area contributed by atoms with Crippen molar-refractivity contribution in [1.29, 1.82) is 0 Å². The normalized spacial score (nSPS) is 10.5. The minimum absolute atomic E-state index is 0.348. The van der Waals surface area contributed by atoms with E-state index in [1.807, 2.05) is 48.5 Å². The molecule has 1 heterocycles. The van der Waals surface area contributed by atoms with Gasteiger partial charge in [-0.05, 0) is 43.3 Å². The first-order valence-electron chi connectivity index (χ1n) is 6.79. The van der Waals surface area contributed by atoms with Gasteiger partial charge in [-0.15, -0.1) is 0 Å². The van der Waals surface area contributed by atoms with E-state index in [9.17, 15) is 4.79 Å². The van der Waals surface area contributed by atoms with Crippen LogP contribution in [0.1, 0.15) is 17.4 Å². The molecule has 0 atom stereocenters. The summed E-state index contributed by atoms with van der Waals surface area (Å²) in [7, 11) is 0. The molecule has 0 unspecified atom stereocenters. The molecule has 0 amide bonds. The topological polar surface area (TPSA) is 51.3 Å². The molecule has 4 nitrogen and oxygen atoms in total. The first-order chi connectivity index (χ1) is 10.3. The van der Waals surface area contributed by atoms with E-state index >= 15 is 0 Å². The van der Waals surface area contributed by atoms with Crippen molar-refractivity contribution in [2.24, 2.45) is 0 Å². The number of hydrogen-bond donors (Lipinski definition) is 1. The van der Waals surface area contributed by atoms with Crippen molar-refractivity contribution in [2.75, 3.05) is 6.61 Å². The third-order valence-electron chi connectivity index (χ3n) is 3.07. The van der Waals surface area contributed by atoms with Crippen LogP contribution in [0.4, 0.5) is 0 Å². The second-order valence-electron chi connectivity index (χ2n) is 4.57. The molecule has 0 bridgehead atoms. The van der Waals surface area contributed by atoms with Crippen LogP contribution >= 0.6 is 0 Å². The molecule has 4 heteroatoms. The lowest BCUT2D eigenvalue weighted by Crippen LogP contribution is -2.04. The molecule has 2 aromatic carbocycles. The van der Waals surface area contributed by atoms with Gasteiger partial charge in [-0.1, -0.05) is 18.2 Å². The van der Waals surface area contributed by atoms with E-state index in [0.29, 0.717) is 12.3 Å². The lowest BCUT2D eigenvalue weighted by atomic mass is 10.2. The third-order valence-corrected chi connectivity index (χ3v) is 3.07. The molecule has 21 heavy (non-hydrogen) atoms. The van der Waals surface area contributed by atoms with E-state index in [0.717, 1.165) is 22.4 Å². The highest BCUT2D eigenvalue weighted by molar-refractivity contribution is 5.95. The molecule has 106 valence electrons. The van der Waals surface area contributed by atoms with Gasteiger partial charge in [-0.2, -0.15) is 0 Å². The summed E-state index contributed by atoms with van der Waals surface area (Å²) >= 11 is 0. The van der Waals surface area contributed by atoms with Gasteiger partial charge in [-0.3, -0.25) is 0 Å². The maximum atomic E-state index is 11.7. The van der Waals surface area contributed by atoms with Crippen molar-refractivity contribution in [3.8, 4) is 11.5 Å². The summed E-state index contributed by atoms with van der Waals surface area (Å²) in [5.74, 6) is 1.15. The Morgan fingerprint density at radius 1 is 1.05 bits per heavy atom. The predicted molar refractivity (Wildman–Crippen MR) is 80.8 cm³/mol. The van der Waals surface area contributed by atoms with Crippen molar-refractivity contribution in [3.05, 3.63) is 60.3 Å². The van der Waals surface area contributed by atoms with Gasteiger partial charge >= 0.3 is 5.97 Å². The molecule has 0 spiro atoms. The van der Waals surface area contributed by atoms with Gasteiger partial charge in [0.1, 0.15) is 17.2 Å². The summed E-state index contributed by atoms with van der Waals surface area (Å²) in [6.45, 7) is 2.14. The Morgan fingerprint density at radius 2 is 1.86 bits per heavy atom. The number of aromatic amines is 1. The number of benzene rings is 2.